The summed E-state index contributed by atoms with van der Waals surface area (Å²) in [6.07, 6.45) is 5.26. The van der Waals surface area contributed by atoms with Crippen LogP contribution in [0.3, 0.4) is 0 Å². The van der Waals surface area contributed by atoms with E-state index in [9.17, 15) is 8.42 Å². The molecule has 0 amide bonds. The number of hydrogen-bond donors (Lipinski definition) is 1. The molecule has 1 aliphatic rings. The van der Waals surface area contributed by atoms with Gasteiger partial charge in [0.05, 0.1) is 5.69 Å². The topological polar surface area (TPSA) is 76.3 Å². The standard InChI is InChI=1S/C13H21N3O2S/c1-2-12-5-3-4-8-16(12)19(17,18)13-7-6-11(9-14)15-10-13/h6-7,10,12H,2-5,8-9,14H2,1H3. The molecule has 1 fully saturated rings. The quantitative estimate of drug-likeness (QED) is 0.908. The van der Waals surface area contributed by atoms with Crippen molar-refractivity contribution in [2.24, 2.45) is 5.73 Å². The highest BCUT2D eigenvalue weighted by Crippen LogP contribution is 2.26. The Morgan fingerprint density at radius 2 is 2.21 bits per heavy atom. The fraction of sp³-hybridized carbons (Fsp3) is 0.615. The molecule has 1 aromatic rings. The van der Waals surface area contributed by atoms with Crippen molar-refractivity contribution in [3.63, 3.8) is 0 Å². The number of hydrogen-bond acceptors (Lipinski definition) is 4. The summed E-state index contributed by atoms with van der Waals surface area (Å²) in [6.45, 7) is 2.97. The monoisotopic (exact) mass is 283 g/mol. The highest BCUT2D eigenvalue weighted by Gasteiger charge is 2.32. The maximum Gasteiger partial charge on any atom is 0.244 e. The van der Waals surface area contributed by atoms with Crippen LogP contribution in [0.5, 0.6) is 0 Å². The lowest BCUT2D eigenvalue weighted by atomic mass is 10.0. The molecule has 0 spiro atoms. The van der Waals surface area contributed by atoms with Crippen LogP contribution in [-0.2, 0) is 16.6 Å². The minimum Gasteiger partial charge on any atom is -0.325 e. The second-order valence-corrected chi connectivity index (χ2v) is 6.75. The Morgan fingerprint density at radius 3 is 2.79 bits per heavy atom. The first-order chi connectivity index (χ1) is 9.09. The van der Waals surface area contributed by atoms with Crippen LogP contribution >= 0.6 is 0 Å². The van der Waals surface area contributed by atoms with E-state index in [4.69, 9.17) is 5.73 Å². The largest absolute Gasteiger partial charge is 0.325 e. The highest BCUT2D eigenvalue weighted by molar-refractivity contribution is 7.89. The lowest BCUT2D eigenvalue weighted by molar-refractivity contribution is 0.246. The molecule has 2 rings (SSSR count). The van der Waals surface area contributed by atoms with Crippen LogP contribution in [0, 0.1) is 0 Å². The molecular weight excluding hydrogens is 262 g/mol. The molecule has 1 unspecified atom stereocenters. The molecule has 6 heteroatoms. The van der Waals surface area contributed by atoms with Crippen molar-refractivity contribution in [1.82, 2.24) is 9.29 Å². The summed E-state index contributed by atoms with van der Waals surface area (Å²) in [5, 5.41) is 0. The molecule has 1 atom stereocenters. The van der Waals surface area contributed by atoms with E-state index in [0.717, 1.165) is 25.7 Å². The van der Waals surface area contributed by atoms with E-state index in [1.54, 1.807) is 16.4 Å². The SMILES string of the molecule is CCC1CCCCN1S(=O)(=O)c1ccc(CN)nc1. The maximum atomic E-state index is 12.6. The molecule has 0 radical (unpaired) electrons. The summed E-state index contributed by atoms with van der Waals surface area (Å²) in [5.74, 6) is 0. The maximum absolute atomic E-state index is 12.6. The molecular formula is C13H21N3O2S. The zero-order valence-corrected chi connectivity index (χ0v) is 12.1. The first-order valence-electron chi connectivity index (χ1n) is 6.76. The van der Waals surface area contributed by atoms with E-state index in [1.165, 1.54) is 6.20 Å². The van der Waals surface area contributed by atoms with Crippen molar-refractivity contribution < 1.29 is 8.42 Å². The van der Waals surface area contributed by atoms with Gasteiger partial charge in [-0.15, -0.1) is 0 Å². The Hall–Kier alpha value is -0.980. The molecule has 2 heterocycles. The Kier molecular flexibility index (Phi) is 4.54. The predicted octanol–water partition coefficient (Wildman–Crippen LogP) is 1.49. The summed E-state index contributed by atoms with van der Waals surface area (Å²) in [7, 11) is -3.42. The van der Waals surface area contributed by atoms with Gasteiger partial charge in [0, 0.05) is 25.3 Å². The minimum absolute atomic E-state index is 0.118. The van der Waals surface area contributed by atoms with Crippen molar-refractivity contribution in [3.8, 4) is 0 Å². The fourth-order valence-corrected chi connectivity index (χ4v) is 4.23. The van der Waals surface area contributed by atoms with Crippen molar-refractivity contribution in [3.05, 3.63) is 24.0 Å². The van der Waals surface area contributed by atoms with E-state index in [1.807, 2.05) is 6.92 Å². The van der Waals surface area contributed by atoms with Crippen LogP contribution in [0.2, 0.25) is 0 Å². The number of aromatic nitrogens is 1. The Morgan fingerprint density at radius 1 is 1.42 bits per heavy atom. The van der Waals surface area contributed by atoms with Gasteiger partial charge in [0.15, 0.2) is 0 Å². The molecule has 0 aromatic carbocycles. The Bertz CT molecular complexity index is 513. The van der Waals surface area contributed by atoms with Gasteiger partial charge >= 0.3 is 0 Å². The van der Waals surface area contributed by atoms with Crippen LogP contribution in [0.25, 0.3) is 0 Å². The van der Waals surface area contributed by atoms with Crippen LogP contribution in [0.1, 0.15) is 38.3 Å². The summed E-state index contributed by atoms with van der Waals surface area (Å²) in [5.41, 5.74) is 6.17. The van der Waals surface area contributed by atoms with Crippen molar-refractivity contribution >= 4 is 10.0 Å². The van der Waals surface area contributed by atoms with Gasteiger partial charge in [0.25, 0.3) is 0 Å². The van der Waals surface area contributed by atoms with E-state index in [-0.39, 0.29) is 10.9 Å². The Labute approximate surface area is 114 Å². The highest BCUT2D eigenvalue weighted by atomic mass is 32.2. The number of sulfonamides is 1. The fourth-order valence-electron chi connectivity index (χ4n) is 2.52. The zero-order valence-electron chi connectivity index (χ0n) is 11.2. The Balaban J connectivity index is 2.29. The number of piperidine rings is 1. The molecule has 1 aliphatic heterocycles. The van der Waals surface area contributed by atoms with Gasteiger partial charge in [-0.05, 0) is 31.4 Å². The van der Waals surface area contributed by atoms with Crippen molar-refractivity contribution in [2.75, 3.05) is 6.54 Å². The van der Waals surface area contributed by atoms with E-state index in [0.29, 0.717) is 18.8 Å². The molecule has 1 saturated heterocycles. The van der Waals surface area contributed by atoms with Gasteiger partial charge in [-0.2, -0.15) is 4.31 Å². The van der Waals surface area contributed by atoms with Crippen molar-refractivity contribution in [1.29, 1.82) is 0 Å². The summed E-state index contributed by atoms with van der Waals surface area (Å²) in [4.78, 5) is 4.35. The molecule has 0 saturated carbocycles. The lowest BCUT2D eigenvalue weighted by Gasteiger charge is -2.34. The average Bonchev–Trinajstić information content (AvgIpc) is 2.47. The number of rotatable bonds is 4. The molecule has 0 bridgehead atoms. The molecule has 5 nitrogen and oxygen atoms in total. The third-order valence-corrected chi connectivity index (χ3v) is 5.59. The van der Waals surface area contributed by atoms with Gasteiger partial charge < -0.3 is 5.73 Å². The van der Waals surface area contributed by atoms with E-state index in [2.05, 4.69) is 4.98 Å². The van der Waals surface area contributed by atoms with Gasteiger partial charge in [-0.3, -0.25) is 4.98 Å². The molecule has 1 aromatic heterocycles. The second kappa shape index (κ2) is 5.98. The molecule has 19 heavy (non-hydrogen) atoms. The van der Waals surface area contributed by atoms with Gasteiger partial charge in [-0.25, -0.2) is 8.42 Å². The second-order valence-electron chi connectivity index (χ2n) is 4.86. The van der Waals surface area contributed by atoms with Gasteiger partial charge in [0.2, 0.25) is 10.0 Å². The van der Waals surface area contributed by atoms with Crippen molar-refractivity contribution in [2.45, 2.75) is 50.1 Å². The summed E-state index contributed by atoms with van der Waals surface area (Å²) in [6, 6.07) is 3.40. The average molecular weight is 283 g/mol. The van der Waals surface area contributed by atoms with Gasteiger partial charge in [0.1, 0.15) is 4.90 Å². The smallest absolute Gasteiger partial charge is 0.244 e. The van der Waals surface area contributed by atoms with E-state index < -0.39 is 10.0 Å². The molecule has 0 aliphatic carbocycles. The van der Waals surface area contributed by atoms with Gasteiger partial charge in [-0.1, -0.05) is 13.3 Å². The third kappa shape index (κ3) is 2.96. The molecule has 106 valence electrons. The van der Waals surface area contributed by atoms with Crippen LogP contribution in [0.4, 0.5) is 0 Å². The molecule has 2 N–H and O–H groups in total. The number of nitrogens with zero attached hydrogens (tertiary/aromatic N) is 2. The summed E-state index contributed by atoms with van der Waals surface area (Å²) >= 11 is 0. The van der Waals surface area contributed by atoms with Crippen LogP contribution < -0.4 is 5.73 Å². The number of pyridine rings is 1. The first kappa shape index (κ1) is 14.4. The third-order valence-electron chi connectivity index (χ3n) is 3.66. The summed E-state index contributed by atoms with van der Waals surface area (Å²) < 4.78 is 26.9. The first-order valence-corrected chi connectivity index (χ1v) is 8.20. The minimum atomic E-state index is -3.42. The zero-order chi connectivity index (χ0) is 13.9. The number of nitrogens with two attached hydrogens (primary N) is 1. The normalized spacial score (nSPS) is 21.5. The van der Waals surface area contributed by atoms with Crippen LogP contribution in [-0.4, -0.2) is 30.3 Å². The predicted molar refractivity (Wildman–Crippen MR) is 74.0 cm³/mol. The van der Waals surface area contributed by atoms with Crippen LogP contribution in [0.15, 0.2) is 23.2 Å². The van der Waals surface area contributed by atoms with E-state index >= 15 is 0 Å². The lowest BCUT2D eigenvalue weighted by Crippen LogP contribution is -2.43.